The van der Waals surface area contributed by atoms with Crippen molar-refractivity contribution in [3.63, 3.8) is 0 Å². The van der Waals surface area contributed by atoms with Crippen LogP contribution in [0.1, 0.15) is 11.1 Å². The second-order valence-corrected chi connectivity index (χ2v) is 5.27. The number of benzene rings is 2. The van der Waals surface area contributed by atoms with Gasteiger partial charge in [0.05, 0.1) is 18.6 Å². The summed E-state index contributed by atoms with van der Waals surface area (Å²) in [6.45, 7) is 1.62. The molecule has 0 saturated carbocycles. The second-order valence-electron chi connectivity index (χ2n) is 5.27. The van der Waals surface area contributed by atoms with Crippen LogP contribution in [0.4, 0.5) is 5.69 Å². The van der Waals surface area contributed by atoms with Crippen molar-refractivity contribution in [3.05, 3.63) is 53.6 Å². The molecular weight excluding hydrogens is 254 g/mol. The molecule has 0 aromatic heterocycles. The first-order valence-corrected chi connectivity index (χ1v) is 6.62. The van der Waals surface area contributed by atoms with Gasteiger partial charge in [-0.1, -0.05) is 18.2 Å². The van der Waals surface area contributed by atoms with Crippen molar-refractivity contribution >= 4 is 5.69 Å². The third kappa shape index (κ3) is 1.58. The van der Waals surface area contributed by atoms with E-state index in [-0.39, 0.29) is 5.41 Å². The van der Waals surface area contributed by atoms with Crippen molar-refractivity contribution < 1.29 is 14.2 Å². The minimum absolute atomic E-state index is 0.129. The number of hydrogen-bond donors (Lipinski definition) is 1. The van der Waals surface area contributed by atoms with E-state index in [1.807, 2.05) is 30.3 Å². The van der Waals surface area contributed by atoms with Gasteiger partial charge < -0.3 is 19.9 Å². The molecule has 4 nitrogen and oxygen atoms in total. The lowest BCUT2D eigenvalue weighted by Crippen LogP contribution is -2.47. The maximum absolute atomic E-state index is 5.92. The van der Waals surface area contributed by atoms with Crippen molar-refractivity contribution in [2.24, 2.45) is 0 Å². The highest BCUT2D eigenvalue weighted by atomic mass is 16.7. The molecule has 2 aromatic carbocycles. The molecular formula is C16H15NO3. The fourth-order valence-corrected chi connectivity index (χ4v) is 2.84. The topological polar surface area (TPSA) is 53.7 Å². The normalized spacial score (nSPS) is 18.6. The molecule has 0 unspecified atom stereocenters. The lowest BCUT2D eigenvalue weighted by atomic mass is 9.72. The summed E-state index contributed by atoms with van der Waals surface area (Å²) < 4.78 is 16.3. The maximum Gasteiger partial charge on any atom is 0.231 e. The van der Waals surface area contributed by atoms with E-state index in [2.05, 4.69) is 12.1 Å². The molecule has 2 N–H and O–H groups in total. The molecule has 20 heavy (non-hydrogen) atoms. The van der Waals surface area contributed by atoms with Gasteiger partial charge in [-0.2, -0.15) is 0 Å². The van der Waals surface area contributed by atoms with E-state index in [0.717, 1.165) is 17.2 Å². The Morgan fingerprint density at radius 1 is 0.900 bits per heavy atom. The van der Waals surface area contributed by atoms with E-state index in [9.17, 15) is 0 Å². The Balaban J connectivity index is 1.81. The van der Waals surface area contributed by atoms with Gasteiger partial charge in [0.2, 0.25) is 6.79 Å². The molecule has 2 aliphatic rings. The maximum atomic E-state index is 5.92. The third-order valence-corrected chi connectivity index (χ3v) is 4.06. The zero-order valence-electron chi connectivity index (χ0n) is 11.0. The third-order valence-electron chi connectivity index (χ3n) is 4.06. The number of nitrogens with two attached hydrogens (primary N) is 1. The molecule has 0 spiro atoms. The van der Waals surface area contributed by atoms with Crippen LogP contribution in [-0.2, 0) is 10.2 Å². The minimum atomic E-state index is -0.129. The quantitative estimate of drug-likeness (QED) is 0.850. The van der Waals surface area contributed by atoms with E-state index < -0.39 is 0 Å². The van der Waals surface area contributed by atoms with Crippen LogP contribution in [0.5, 0.6) is 11.5 Å². The Morgan fingerprint density at radius 3 is 2.45 bits per heavy atom. The van der Waals surface area contributed by atoms with Crippen LogP contribution in [0.3, 0.4) is 0 Å². The van der Waals surface area contributed by atoms with Crippen molar-refractivity contribution in [3.8, 4) is 11.5 Å². The molecule has 2 aromatic rings. The summed E-state index contributed by atoms with van der Waals surface area (Å²) >= 11 is 0. The summed E-state index contributed by atoms with van der Waals surface area (Å²) in [7, 11) is 0. The zero-order valence-corrected chi connectivity index (χ0v) is 11.0. The fraction of sp³-hybridized carbons (Fsp3) is 0.250. The molecule has 0 amide bonds. The van der Waals surface area contributed by atoms with E-state index in [1.165, 1.54) is 11.1 Å². The first-order valence-electron chi connectivity index (χ1n) is 6.62. The van der Waals surface area contributed by atoms with Gasteiger partial charge in [-0.05, 0) is 35.4 Å². The highest BCUT2D eigenvalue weighted by molar-refractivity contribution is 5.53. The van der Waals surface area contributed by atoms with Crippen LogP contribution in [-0.4, -0.2) is 20.0 Å². The number of rotatable bonds is 2. The first-order chi connectivity index (χ1) is 9.78. The second kappa shape index (κ2) is 4.15. The van der Waals surface area contributed by atoms with Gasteiger partial charge in [0.25, 0.3) is 0 Å². The van der Waals surface area contributed by atoms with Crippen molar-refractivity contribution in [2.45, 2.75) is 5.41 Å². The van der Waals surface area contributed by atoms with E-state index in [1.54, 1.807) is 0 Å². The highest BCUT2D eigenvalue weighted by Crippen LogP contribution is 2.43. The van der Waals surface area contributed by atoms with Crippen molar-refractivity contribution in [1.82, 2.24) is 0 Å². The number of hydrogen-bond acceptors (Lipinski definition) is 4. The zero-order chi connectivity index (χ0) is 13.6. The number of nitrogen functional groups attached to an aromatic ring is 1. The Morgan fingerprint density at radius 2 is 1.70 bits per heavy atom. The summed E-state index contributed by atoms with van der Waals surface area (Å²) in [5.74, 6) is 1.61. The molecule has 1 saturated heterocycles. The van der Waals surface area contributed by atoms with E-state index in [4.69, 9.17) is 19.9 Å². The summed E-state index contributed by atoms with van der Waals surface area (Å²) in [5, 5.41) is 0. The molecule has 0 atom stereocenters. The van der Waals surface area contributed by atoms with Crippen LogP contribution in [0.25, 0.3) is 0 Å². The SMILES string of the molecule is Nc1cccc(C2(c3ccc4c(c3)OCO4)COC2)c1. The Kier molecular flexibility index (Phi) is 2.41. The molecule has 1 fully saturated rings. The summed E-state index contributed by atoms with van der Waals surface area (Å²) in [5.41, 5.74) is 8.92. The predicted molar refractivity (Wildman–Crippen MR) is 75.0 cm³/mol. The lowest BCUT2D eigenvalue weighted by Gasteiger charge is -2.42. The van der Waals surface area contributed by atoms with Gasteiger partial charge in [0.15, 0.2) is 11.5 Å². The van der Waals surface area contributed by atoms with Gasteiger partial charge in [0, 0.05) is 5.69 Å². The molecule has 2 aliphatic heterocycles. The molecule has 0 radical (unpaired) electrons. The Hall–Kier alpha value is -2.20. The summed E-state index contributed by atoms with van der Waals surface area (Å²) in [6.07, 6.45) is 0. The average Bonchev–Trinajstić information content (AvgIpc) is 2.85. The largest absolute Gasteiger partial charge is 0.454 e. The molecule has 0 bridgehead atoms. The summed E-state index contributed by atoms with van der Waals surface area (Å²) in [6, 6.07) is 14.1. The Bertz CT molecular complexity index is 665. The van der Waals surface area contributed by atoms with E-state index in [0.29, 0.717) is 20.0 Å². The van der Waals surface area contributed by atoms with Crippen LogP contribution in [0.2, 0.25) is 0 Å². The fourth-order valence-electron chi connectivity index (χ4n) is 2.84. The monoisotopic (exact) mass is 269 g/mol. The minimum Gasteiger partial charge on any atom is -0.454 e. The Labute approximate surface area is 117 Å². The van der Waals surface area contributed by atoms with Crippen LogP contribution < -0.4 is 15.2 Å². The lowest BCUT2D eigenvalue weighted by molar-refractivity contribution is -0.0380. The van der Waals surface area contributed by atoms with Gasteiger partial charge >= 0.3 is 0 Å². The molecule has 4 heteroatoms. The van der Waals surface area contributed by atoms with Crippen molar-refractivity contribution in [1.29, 1.82) is 0 Å². The smallest absolute Gasteiger partial charge is 0.231 e. The van der Waals surface area contributed by atoms with Crippen LogP contribution in [0.15, 0.2) is 42.5 Å². The van der Waals surface area contributed by atoms with Gasteiger partial charge in [0.1, 0.15) is 0 Å². The molecule has 2 heterocycles. The first kappa shape index (κ1) is 11.6. The summed E-state index contributed by atoms with van der Waals surface area (Å²) in [4.78, 5) is 0. The van der Waals surface area contributed by atoms with Crippen LogP contribution in [0, 0.1) is 0 Å². The molecule has 0 aliphatic carbocycles. The number of fused-ring (bicyclic) bond motifs is 1. The molecule has 102 valence electrons. The van der Waals surface area contributed by atoms with Gasteiger partial charge in [-0.15, -0.1) is 0 Å². The van der Waals surface area contributed by atoms with Crippen molar-refractivity contribution in [2.75, 3.05) is 25.7 Å². The van der Waals surface area contributed by atoms with Gasteiger partial charge in [-0.3, -0.25) is 0 Å². The van der Waals surface area contributed by atoms with E-state index >= 15 is 0 Å². The number of ether oxygens (including phenoxy) is 3. The standard InChI is InChI=1S/C16H15NO3/c17-13-3-1-2-11(6-13)16(8-18-9-16)12-4-5-14-15(7-12)20-10-19-14/h1-7H,8-10,17H2. The average molecular weight is 269 g/mol. The van der Waals surface area contributed by atoms with Crippen LogP contribution >= 0.6 is 0 Å². The molecule has 4 rings (SSSR count). The predicted octanol–water partition coefficient (Wildman–Crippen LogP) is 2.31. The highest BCUT2D eigenvalue weighted by Gasteiger charge is 2.42. The van der Waals surface area contributed by atoms with Gasteiger partial charge in [-0.25, -0.2) is 0 Å². The number of anilines is 1.